The molecule has 1 aliphatic heterocycles. The molecule has 1 aliphatic rings. The summed E-state index contributed by atoms with van der Waals surface area (Å²) < 4.78 is 0. The summed E-state index contributed by atoms with van der Waals surface area (Å²) in [6, 6.07) is 9.50. The van der Waals surface area contributed by atoms with Gasteiger partial charge in [-0.1, -0.05) is 23.7 Å². The van der Waals surface area contributed by atoms with E-state index >= 15 is 0 Å². The van der Waals surface area contributed by atoms with Gasteiger partial charge in [-0.2, -0.15) is 5.26 Å². The normalized spacial score (nSPS) is 15.0. The predicted octanol–water partition coefficient (Wildman–Crippen LogP) is 2.29. The molecule has 0 aliphatic carbocycles. The van der Waals surface area contributed by atoms with Gasteiger partial charge in [0.15, 0.2) is 0 Å². The lowest BCUT2D eigenvalue weighted by atomic mass is 10.0. The van der Waals surface area contributed by atoms with Gasteiger partial charge >= 0.3 is 0 Å². The Morgan fingerprint density at radius 1 is 1.35 bits per heavy atom. The van der Waals surface area contributed by atoms with E-state index in [4.69, 9.17) is 16.9 Å². The minimum atomic E-state index is -0.127. The number of nitriles is 1. The van der Waals surface area contributed by atoms with Gasteiger partial charge in [0, 0.05) is 30.6 Å². The molecule has 2 rings (SSSR count). The van der Waals surface area contributed by atoms with Gasteiger partial charge in [0.25, 0.3) is 0 Å². The van der Waals surface area contributed by atoms with Crippen molar-refractivity contribution in [1.29, 1.82) is 5.26 Å². The summed E-state index contributed by atoms with van der Waals surface area (Å²) in [4.78, 5) is 25.3. The number of amides is 2. The quantitative estimate of drug-likeness (QED) is 0.898. The van der Waals surface area contributed by atoms with Gasteiger partial charge in [0.1, 0.15) is 6.42 Å². The minimum Gasteiger partial charge on any atom is -0.353 e. The van der Waals surface area contributed by atoms with E-state index in [9.17, 15) is 9.59 Å². The van der Waals surface area contributed by atoms with Gasteiger partial charge < -0.3 is 10.2 Å². The number of nitrogens with zero attached hydrogens (tertiary/aromatic N) is 2. The number of hydrogen-bond acceptors (Lipinski definition) is 3. The van der Waals surface area contributed by atoms with E-state index in [-0.39, 0.29) is 24.3 Å². The van der Waals surface area contributed by atoms with Crippen LogP contribution in [0, 0.1) is 11.3 Å². The number of nitrogens with one attached hydrogen (secondary N) is 1. The Bertz CT molecular complexity index is 604. The summed E-state index contributed by atoms with van der Waals surface area (Å²) in [5.74, 6) is -0.106. The molecular formula is C17H20ClN3O2. The third kappa shape index (κ3) is 5.57. The number of rotatable bonds is 5. The van der Waals surface area contributed by atoms with Gasteiger partial charge in [-0.3, -0.25) is 9.59 Å². The van der Waals surface area contributed by atoms with Crippen molar-refractivity contribution in [3.63, 3.8) is 0 Å². The lowest BCUT2D eigenvalue weighted by molar-refractivity contribution is -0.131. The molecule has 2 amide bonds. The van der Waals surface area contributed by atoms with Gasteiger partial charge in [-0.15, -0.1) is 0 Å². The molecule has 1 fully saturated rings. The zero-order valence-corrected chi connectivity index (χ0v) is 13.7. The Labute approximate surface area is 141 Å². The summed E-state index contributed by atoms with van der Waals surface area (Å²) in [5.41, 5.74) is 1.05. The summed E-state index contributed by atoms with van der Waals surface area (Å²) in [6.07, 6.45) is 2.48. The Balaban J connectivity index is 1.71. The number of hydrogen-bond donors (Lipinski definition) is 1. The first-order valence-electron chi connectivity index (χ1n) is 7.77. The molecule has 0 spiro atoms. The molecule has 1 N–H and O–H groups in total. The van der Waals surface area contributed by atoms with Crippen LogP contribution in [0.15, 0.2) is 24.3 Å². The Hall–Kier alpha value is -2.06. The van der Waals surface area contributed by atoms with Crippen LogP contribution in [0.3, 0.4) is 0 Å². The van der Waals surface area contributed by atoms with Gasteiger partial charge in [0.05, 0.1) is 6.07 Å². The number of halogens is 1. The van der Waals surface area contributed by atoms with Crippen LogP contribution in [-0.2, 0) is 16.0 Å². The summed E-state index contributed by atoms with van der Waals surface area (Å²) in [5, 5.41) is 12.2. The number of carbonyl (C=O) groups excluding carboxylic acids is 2. The van der Waals surface area contributed by atoms with Crippen molar-refractivity contribution in [3.05, 3.63) is 34.9 Å². The number of aryl methyl sites for hydroxylation is 1. The van der Waals surface area contributed by atoms with E-state index in [0.29, 0.717) is 31.0 Å². The Morgan fingerprint density at radius 2 is 2.09 bits per heavy atom. The van der Waals surface area contributed by atoms with Crippen molar-refractivity contribution in [2.24, 2.45) is 0 Å². The van der Waals surface area contributed by atoms with Crippen molar-refractivity contribution >= 4 is 23.4 Å². The van der Waals surface area contributed by atoms with Crippen molar-refractivity contribution in [1.82, 2.24) is 10.2 Å². The van der Waals surface area contributed by atoms with E-state index in [1.54, 1.807) is 4.90 Å². The van der Waals surface area contributed by atoms with Crippen molar-refractivity contribution in [3.8, 4) is 6.07 Å². The second-order valence-electron chi connectivity index (χ2n) is 5.69. The summed E-state index contributed by atoms with van der Waals surface area (Å²) in [7, 11) is 0. The smallest absolute Gasteiger partial charge is 0.236 e. The zero-order chi connectivity index (χ0) is 16.7. The highest BCUT2D eigenvalue weighted by molar-refractivity contribution is 6.30. The molecule has 0 atom stereocenters. The molecule has 0 unspecified atom stereocenters. The van der Waals surface area contributed by atoms with Crippen LogP contribution >= 0.6 is 11.6 Å². The van der Waals surface area contributed by atoms with E-state index in [1.165, 1.54) is 0 Å². The maximum atomic E-state index is 12.0. The number of piperidine rings is 1. The van der Waals surface area contributed by atoms with Crippen LogP contribution in [0.5, 0.6) is 0 Å². The molecule has 23 heavy (non-hydrogen) atoms. The number of carbonyl (C=O) groups is 2. The first kappa shape index (κ1) is 17.3. The Morgan fingerprint density at radius 3 is 2.74 bits per heavy atom. The highest BCUT2D eigenvalue weighted by atomic mass is 35.5. The number of benzene rings is 1. The fourth-order valence-corrected chi connectivity index (χ4v) is 2.92. The molecule has 1 aromatic carbocycles. The summed E-state index contributed by atoms with van der Waals surface area (Å²) >= 11 is 5.92. The maximum absolute atomic E-state index is 12.0. The van der Waals surface area contributed by atoms with Gasteiger partial charge in [-0.25, -0.2) is 0 Å². The molecule has 5 nitrogen and oxygen atoms in total. The van der Waals surface area contributed by atoms with Crippen LogP contribution < -0.4 is 5.32 Å². The highest BCUT2D eigenvalue weighted by Crippen LogP contribution is 2.14. The molecule has 1 heterocycles. The molecule has 0 bridgehead atoms. The standard InChI is InChI=1S/C17H20ClN3O2/c18-14-3-1-2-13(12-14)4-5-16(22)20-15-7-10-21(11-8-15)17(23)6-9-19/h1-3,12,15H,4-8,10-11H2,(H,20,22). The van der Waals surface area contributed by atoms with E-state index < -0.39 is 0 Å². The number of likely N-dealkylation sites (tertiary alicyclic amines) is 1. The molecule has 122 valence electrons. The van der Waals surface area contributed by atoms with Crippen molar-refractivity contribution in [2.45, 2.75) is 38.1 Å². The van der Waals surface area contributed by atoms with Crippen LogP contribution in [0.25, 0.3) is 0 Å². The minimum absolute atomic E-state index is 0.0202. The lowest BCUT2D eigenvalue weighted by Gasteiger charge is -2.32. The zero-order valence-electron chi connectivity index (χ0n) is 12.9. The fraction of sp³-hybridized carbons (Fsp3) is 0.471. The van der Waals surface area contributed by atoms with Crippen LogP contribution in [0.2, 0.25) is 5.02 Å². The van der Waals surface area contributed by atoms with Crippen molar-refractivity contribution < 1.29 is 9.59 Å². The largest absolute Gasteiger partial charge is 0.353 e. The molecule has 0 radical (unpaired) electrons. The molecule has 1 aromatic rings. The maximum Gasteiger partial charge on any atom is 0.236 e. The third-order valence-electron chi connectivity index (χ3n) is 3.97. The summed E-state index contributed by atoms with van der Waals surface area (Å²) in [6.45, 7) is 1.19. The SMILES string of the molecule is N#CCC(=O)N1CCC(NC(=O)CCc2cccc(Cl)c2)CC1. The van der Waals surface area contributed by atoms with Gasteiger partial charge in [-0.05, 0) is 37.0 Å². The second kappa shape index (κ2) is 8.54. The van der Waals surface area contributed by atoms with E-state index in [0.717, 1.165) is 18.4 Å². The topological polar surface area (TPSA) is 73.2 Å². The van der Waals surface area contributed by atoms with E-state index in [2.05, 4.69) is 5.32 Å². The monoisotopic (exact) mass is 333 g/mol. The average molecular weight is 334 g/mol. The molecule has 0 saturated carbocycles. The predicted molar refractivity (Wildman–Crippen MR) is 87.7 cm³/mol. The lowest BCUT2D eigenvalue weighted by Crippen LogP contribution is -2.46. The first-order valence-corrected chi connectivity index (χ1v) is 8.15. The van der Waals surface area contributed by atoms with Crippen molar-refractivity contribution in [2.75, 3.05) is 13.1 Å². The third-order valence-corrected chi connectivity index (χ3v) is 4.21. The Kier molecular flexibility index (Phi) is 6.42. The van der Waals surface area contributed by atoms with Crippen LogP contribution in [0.1, 0.15) is 31.2 Å². The van der Waals surface area contributed by atoms with Gasteiger partial charge in [0.2, 0.25) is 11.8 Å². The van der Waals surface area contributed by atoms with Crippen LogP contribution in [0.4, 0.5) is 0 Å². The van der Waals surface area contributed by atoms with Crippen LogP contribution in [-0.4, -0.2) is 35.8 Å². The molecule has 0 aromatic heterocycles. The second-order valence-corrected chi connectivity index (χ2v) is 6.12. The average Bonchev–Trinajstić information content (AvgIpc) is 2.54. The van der Waals surface area contributed by atoms with E-state index in [1.807, 2.05) is 30.3 Å². The molecule has 6 heteroatoms. The first-order chi connectivity index (χ1) is 11.1. The fourth-order valence-electron chi connectivity index (χ4n) is 2.70. The highest BCUT2D eigenvalue weighted by Gasteiger charge is 2.23. The molecule has 1 saturated heterocycles. The molecular weight excluding hydrogens is 314 g/mol.